The zero-order chi connectivity index (χ0) is 26.3. The number of rotatable bonds is 3. The molecule has 0 heterocycles. The number of esters is 1. The van der Waals surface area contributed by atoms with Crippen LogP contribution in [0.3, 0.4) is 0 Å². The molecule has 5 saturated carbocycles. The van der Waals surface area contributed by atoms with E-state index in [2.05, 4.69) is 46.8 Å². The lowest BCUT2D eigenvalue weighted by Gasteiger charge is -2.72. The Morgan fingerprint density at radius 2 is 1.57 bits per heavy atom. The van der Waals surface area contributed by atoms with Gasteiger partial charge < -0.3 is 9.84 Å². The molecule has 5 fully saturated rings. The molecule has 1 aromatic rings. The number of hydrogen-bond acceptors (Lipinski definition) is 3. The first-order chi connectivity index (χ1) is 17.5. The third-order valence-electron chi connectivity index (χ3n) is 14.0. The van der Waals surface area contributed by atoms with Gasteiger partial charge in [0.15, 0.2) is 0 Å². The molecule has 3 nitrogen and oxygen atoms in total. The van der Waals surface area contributed by atoms with Crippen molar-refractivity contribution in [3.8, 4) is 0 Å². The Bertz CT molecular complexity index is 1030. The molecule has 9 atom stereocenters. The molecular weight excluding hydrogens is 456 g/mol. The van der Waals surface area contributed by atoms with Crippen molar-refractivity contribution >= 4 is 5.97 Å². The first-order valence-electron chi connectivity index (χ1n) is 15.4. The third-order valence-corrected chi connectivity index (χ3v) is 14.0. The van der Waals surface area contributed by atoms with Gasteiger partial charge in [-0.3, -0.25) is 4.79 Å². The molecule has 3 unspecified atom stereocenters. The average Bonchev–Trinajstić information content (AvgIpc) is 3.32. The first kappa shape index (κ1) is 25.9. The third kappa shape index (κ3) is 3.44. The smallest absolute Gasteiger partial charge is 0.312 e. The Morgan fingerprint density at radius 3 is 2.32 bits per heavy atom. The van der Waals surface area contributed by atoms with Gasteiger partial charge in [0.05, 0.1) is 11.5 Å². The van der Waals surface area contributed by atoms with Crippen molar-refractivity contribution in [2.45, 2.75) is 118 Å². The summed E-state index contributed by atoms with van der Waals surface area (Å²) in [5.74, 6) is 2.50. The van der Waals surface area contributed by atoms with Crippen LogP contribution in [0.2, 0.25) is 0 Å². The van der Waals surface area contributed by atoms with Crippen LogP contribution in [0.4, 0.5) is 0 Å². The number of aliphatic hydroxyl groups excluding tert-OH is 1. The lowest BCUT2D eigenvalue weighted by molar-refractivity contribution is -0.247. The SMILES string of the molecule is CC1(C)C2CC[C@]3(C)C(CC[C@@H]4C5CCC[C@]5(C(=O)OCc5ccccc5)CC[C@]43C)[C@@]2(C)CC[C@@H]1O. The van der Waals surface area contributed by atoms with Gasteiger partial charge in [0, 0.05) is 0 Å². The van der Waals surface area contributed by atoms with Gasteiger partial charge in [0.2, 0.25) is 0 Å². The maximum absolute atomic E-state index is 13.8. The summed E-state index contributed by atoms with van der Waals surface area (Å²) in [5, 5.41) is 10.9. The summed E-state index contributed by atoms with van der Waals surface area (Å²) in [4.78, 5) is 13.8. The predicted octanol–water partition coefficient (Wildman–Crippen LogP) is 7.95. The van der Waals surface area contributed by atoms with Crippen LogP contribution in [0, 0.1) is 50.7 Å². The summed E-state index contributed by atoms with van der Waals surface area (Å²) in [7, 11) is 0. The lowest BCUT2D eigenvalue weighted by atomic mass is 9.32. The number of carbonyl (C=O) groups is 1. The van der Waals surface area contributed by atoms with Gasteiger partial charge in [-0.15, -0.1) is 0 Å². The van der Waals surface area contributed by atoms with Crippen LogP contribution in [0.1, 0.15) is 111 Å². The fourth-order valence-electron chi connectivity index (χ4n) is 11.8. The van der Waals surface area contributed by atoms with E-state index in [1.807, 2.05) is 18.2 Å². The molecule has 5 aliphatic carbocycles. The number of ether oxygens (including phenoxy) is 1. The van der Waals surface area contributed by atoms with Gasteiger partial charge in [-0.25, -0.2) is 0 Å². The van der Waals surface area contributed by atoms with Crippen LogP contribution in [-0.4, -0.2) is 17.2 Å². The highest BCUT2D eigenvalue weighted by Crippen LogP contribution is 2.76. The minimum Gasteiger partial charge on any atom is -0.460 e. The van der Waals surface area contributed by atoms with E-state index in [-0.39, 0.29) is 28.3 Å². The molecule has 0 spiro atoms. The Morgan fingerprint density at radius 1 is 0.811 bits per heavy atom. The zero-order valence-corrected chi connectivity index (χ0v) is 24.0. The highest BCUT2D eigenvalue weighted by Gasteiger charge is 2.70. The number of hydrogen-bond donors (Lipinski definition) is 1. The molecular formula is C34H50O3. The van der Waals surface area contributed by atoms with Crippen LogP contribution in [0.15, 0.2) is 30.3 Å². The molecule has 0 amide bonds. The molecule has 1 aromatic carbocycles. The molecule has 204 valence electrons. The van der Waals surface area contributed by atoms with Crippen molar-refractivity contribution in [3.63, 3.8) is 0 Å². The monoisotopic (exact) mass is 506 g/mol. The van der Waals surface area contributed by atoms with E-state index in [1.54, 1.807) is 0 Å². The van der Waals surface area contributed by atoms with Crippen molar-refractivity contribution < 1.29 is 14.6 Å². The quantitative estimate of drug-likeness (QED) is 0.423. The molecule has 0 aliphatic heterocycles. The van der Waals surface area contributed by atoms with E-state index in [0.717, 1.165) is 31.2 Å². The van der Waals surface area contributed by atoms with Crippen molar-refractivity contribution in [2.24, 2.45) is 50.7 Å². The standard InChI is InChI=1S/C34H50O3/c1-30(2)26-15-19-33(5)27(31(26,3)18-16-28(30)35)14-13-24-25-12-9-17-34(25,21-20-32(24,33)4)29(36)37-22-23-10-7-6-8-11-23/h6-8,10-11,24-28,35H,9,12-22H2,1-5H3/t24-,25?,26?,27?,28+,31+,32-,33-,34+/m1/s1. The minimum absolute atomic E-state index is 0.00175. The van der Waals surface area contributed by atoms with E-state index >= 15 is 0 Å². The highest BCUT2D eigenvalue weighted by molar-refractivity contribution is 5.78. The van der Waals surface area contributed by atoms with E-state index in [4.69, 9.17) is 4.74 Å². The van der Waals surface area contributed by atoms with Gasteiger partial charge >= 0.3 is 5.97 Å². The van der Waals surface area contributed by atoms with E-state index in [9.17, 15) is 9.90 Å². The Kier molecular flexibility index (Phi) is 6.00. The Labute approximate surface area is 225 Å². The number of carbonyl (C=O) groups excluding carboxylic acids is 1. The fourth-order valence-corrected chi connectivity index (χ4v) is 11.8. The summed E-state index contributed by atoms with van der Waals surface area (Å²) in [6.45, 7) is 13.0. The number of fused-ring (bicyclic) bond motifs is 7. The van der Waals surface area contributed by atoms with E-state index < -0.39 is 0 Å². The second-order valence-electron chi connectivity index (χ2n) is 15.3. The summed E-state index contributed by atoms with van der Waals surface area (Å²) in [6, 6.07) is 10.2. The summed E-state index contributed by atoms with van der Waals surface area (Å²) >= 11 is 0. The molecule has 0 saturated heterocycles. The van der Waals surface area contributed by atoms with Crippen molar-refractivity contribution in [2.75, 3.05) is 0 Å². The maximum Gasteiger partial charge on any atom is 0.312 e. The normalized spacial score (nSPS) is 48.2. The van der Waals surface area contributed by atoms with Gasteiger partial charge in [-0.2, -0.15) is 0 Å². The van der Waals surface area contributed by atoms with Gasteiger partial charge in [-0.05, 0) is 115 Å². The topological polar surface area (TPSA) is 46.5 Å². The van der Waals surface area contributed by atoms with Crippen LogP contribution < -0.4 is 0 Å². The van der Waals surface area contributed by atoms with Crippen molar-refractivity contribution in [1.82, 2.24) is 0 Å². The minimum atomic E-state index is -0.264. The molecule has 5 aliphatic rings. The van der Waals surface area contributed by atoms with E-state index in [1.165, 1.54) is 44.9 Å². The fraction of sp³-hybridized carbons (Fsp3) is 0.794. The molecule has 1 N–H and O–H groups in total. The predicted molar refractivity (Wildman–Crippen MR) is 148 cm³/mol. The van der Waals surface area contributed by atoms with Crippen molar-refractivity contribution in [3.05, 3.63) is 35.9 Å². The molecule has 37 heavy (non-hydrogen) atoms. The molecule has 0 bridgehead atoms. The second-order valence-corrected chi connectivity index (χ2v) is 15.3. The lowest BCUT2D eigenvalue weighted by Crippen LogP contribution is -2.66. The second kappa shape index (κ2) is 8.57. The summed E-state index contributed by atoms with van der Waals surface area (Å²) in [6.07, 6.45) is 12.6. The zero-order valence-electron chi connectivity index (χ0n) is 24.0. The largest absolute Gasteiger partial charge is 0.460 e. The maximum atomic E-state index is 13.8. The van der Waals surface area contributed by atoms with Gasteiger partial charge in [0.25, 0.3) is 0 Å². The summed E-state index contributed by atoms with van der Waals surface area (Å²) < 4.78 is 6.07. The first-order valence-corrected chi connectivity index (χ1v) is 15.4. The number of benzene rings is 1. The average molecular weight is 507 g/mol. The van der Waals surface area contributed by atoms with Crippen LogP contribution in [0.5, 0.6) is 0 Å². The molecule has 0 radical (unpaired) electrons. The summed E-state index contributed by atoms with van der Waals surface area (Å²) in [5.41, 5.74) is 1.72. The van der Waals surface area contributed by atoms with Crippen LogP contribution in [0.25, 0.3) is 0 Å². The highest BCUT2D eigenvalue weighted by atomic mass is 16.5. The van der Waals surface area contributed by atoms with Crippen LogP contribution >= 0.6 is 0 Å². The van der Waals surface area contributed by atoms with E-state index in [0.29, 0.717) is 41.1 Å². The van der Waals surface area contributed by atoms with Gasteiger partial charge in [-0.1, -0.05) is 71.4 Å². The Balaban J connectivity index is 1.28. The van der Waals surface area contributed by atoms with Crippen LogP contribution in [-0.2, 0) is 16.1 Å². The van der Waals surface area contributed by atoms with Gasteiger partial charge in [0.1, 0.15) is 6.61 Å². The molecule has 3 heteroatoms. The molecule has 0 aromatic heterocycles. The molecule has 6 rings (SSSR count). The van der Waals surface area contributed by atoms with Crippen molar-refractivity contribution in [1.29, 1.82) is 0 Å². The Hall–Kier alpha value is -1.35. The number of aliphatic hydroxyl groups is 1.